The van der Waals surface area contributed by atoms with Crippen molar-refractivity contribution in [3.63, 3.8) is 0 Å². The average molecular weight is 253 g/mol. The Hall–Kier alpha value is -1.63. The highest BCUT2D eigenvalue weighted by Gasteiger charge is 2.33. The molecule has 0 aliphatic carbocycles. The highest BCUT2D eigenvalue weighted by atomic mass is 16.5. The van der Waals surface area contributed by atoms with Crippen LogP contribution in [0.3, 0.4) is 0 Å². The van der Waals surface area contributed by atoms with Crippen molar-refractivity contribution in [1.29, 1.82) is 0 Å². The zero-order chi connectivity index (χ0) is 13.1. The highest BCUT2D eigenvalue weighted by molar-refractivity contribution is 5.87. The molecule has 1 aliphatic rings. The van der Waals surface area contributed by atoms with Gasteiger partial charge in [-0.2, -0.15) is 0 Å². The summed E-state index contributed by atoms with van der Waals surface area (Å²) >= 11 is 0. The number of hydrogen-bond donors (Lipinski definition) is 4. The van der Waals surface area contributed by atoms with Crippen LogP contribution in [0.5, 0.6) is 0 Å². The molecule has 0 spiro atoms. The molecule has 1 aliphatic heterocycles. The number of hydrogen-bond acceptors (Lipinski definition) is 5. The maximum Gasteiger partial charge on any atom is 0.335 e. The molecule has 1 fully saturated rings. The largest absolute Gasteiger partial charge is 0.478 e. The summed E-state index contributed by atoms with van der Waals surface area (Å²) in [5.41, 5.74) is 0.914. The van der Waals surface area contributed by atoms with Crippen LogP contribution in [0.25, 0.3) is 0 Å². The average Bonchev–Trinajstić information content (AvgIpc) is 2.70. The molecule has 0 radical (unpaired) electrons. The summed E-state index contributed by atoms with van der Waals surface area (Å²) in [4.78, 5) is 10.7. The molecule has 98 valence electrons. The first kappa shape index (κ1) is 12.8. The van der Waals surface area contributed by atoms with E-state index in [0.717, 1.165) is 0 Å². The number of aromatic carboxylic acids is 1. The van der Waals surface area contributed by atoms with Crippen molar-refractivity contribution < 1.29 is 24.9 Å². The summed E-state index contributed by atoms with van der Waals surface area (Å²) in [6, 6.07) is 6.23. The smallest absolute Gasteiger partial charge is 0.335 e. The van der Waals surface area contributed by atoms with Crippen LogP contribution in [0.15, 0.2) is 24.3 Å². The maximum absolute atomic E-state index is 10.7. The molecule has 1 aromatic rings. The molecule has 18 heavy (non-hydrogen) atoms. The molecular weight excluding hydrogens is 238 g/mol. The second kappa shape index (κ2) is 5.34. The van der Waals surface area contributed by atoms with Crippen molar-refractivity contribution in [3.05, 3.63) is 29.8 Å². The van der Waals surface area contributed by atoms with Crippen LogP contribution >= 0.6 is 0 Å². The number of aliphatic hydroxyl groups excluding tert-OH is 2. The van der Waals surface area contributed by atoms with Crippen molar-refractivity contribution in [3.8, 4) is 0 Å². The molecular formula is C12H15NO5. The molecule has 4 N–H and O–H groups in total. The molecule has 0 unspecified atom stereocenters. The van der Waals surface area contributed by atoms with Gasteiger partial charge < -0.3 is 25.4 Å². The molecule has 6 nitrogen and oxygen atoms in total. The normalized spacial score (nSPS) is 27.1. The topological polar surface area (TPSA) is 99.0 Å². The van der Waals surface area contributed by atoms with Crippen LogP contribution in [-0.4, -0.2) is 46.3 Å². The predicted octanol–water partition coefficient (Wildman–Crippen LogP) is 0.265. The standard InChI is InChI=1S/C12H15NO5/c14-6-10-9(15)5-11(18-10)13-8-3-1-7(2-4-8)12(16)17/h1-4,9-11,13-15H,5-6H2,(H,16,17)/t9-,10+,11-/m0/s1. The fourth-order valence-corrected chi connectivity index (χ4v) is 1.88. The van der Waals surface area contributed by atoms with Gasteiger partial charge in [0, 0.05) is 12.1 Å². The summed E-state index contributed by atoms with van der Waals surface area (Å²) < 4.78 is 5.38. The summed E-state index contributed by atoms with van der Waals surface area (Å²) in [7, 11) is 0. The van der Waals surface area contributed by atoms with Gasteiger partial charge in [-0.05, 0) is 24.3 Å². The van der Waals surface area contributed by atoms with E-state index in [1.807, 2.05) is 0 Å². The Balaban J connectivity index is 1.96. The predicted molar refractivity (Wildman–Crippen MR) is 63.4 cm³/mol. The quantitative estimate of drug-likeness (QED) is 0.614. The van der Waals surface area contributed by atoms with Crippen molar-refractivity contribution >= 4 is 11.7 Å². The number of aliphatic hydroxyl groups is 2. The minimum atomic E-state index is -0.977. The summed E-state index contributed by atoms with van der Waals surface area (Å²) in [5.74, 6) is -0.977. The number of rotatable bonds is 4. The number of carboxylic acids is 1. The van der Waals surface area contributed by atoms with Crippen LogP contribution in [0.2, 0.25) is 0 Å². The van der Waals surface area contributed by atoms with Crippen LogP contribution < -0.4 is 5.32 Å². The number of benzene rings is 1. The molecule has 1 saturated heterocycles. The Morgan fingerprint density at radius 3 is 2.56 bits per heavy atom. The number of carbonyl (C=O) groups is 1. The third-order valence-electron chi connectivity index (χ3n) is 2.86. The van der Waals surface area contributed by atoms with Gasteiger partial charge in [0.2, 0.25) is 0 Å². The van der Waals surface area contributed by atoms with E-state index >= 15 is 0 Å². The Morgan fingerprint density at radius 2 is 2.06 bits per heavy atom. The fraction of sp³-hybridized carbons (Fsp3) is 0.417. The third-order valence-corrected chi connectivity index (χ3v) is 2.86. The minimum Gasteiger partial charge on any atom is -0.478 e. The van der Waals surface area contributed by atoms with Crippen molar-refractivity contribution in [2.24, 2.45) is 0 Å². The van der Waals surface area contributed by atoms with E-state index in [0.29, 0.717) is 12.1 Å². The first-order valence-electron chi connectivity index (χ1n) is 5.64. The molecule has 0 amide bonds. The van der Waals surface area contributed by atoms with E-state index in [1.54, 1.807) is 12.1 Å². The van der Waals surface area contributed by atoms with Crippen LogP contribution in [-0.2, 0) is 4.74 Å². The van der Waals surface area contributed by atoms with Gasteiger partial charge in [0.1, 0.15) is 12.3 Å². The van der Waals surface area contributed by atoms with Gasteiger partial charge in [-0.25, -0.2) is 4.79 Å². The lowest BCUT2D eigenvalue weighted by Gasteiger charge is -2.14. The maximum atomic E-state index is 10.7. The Labute approximate surface area is 104 Å². The minimum absolute atomic E-state index is 0.209. The van der Waals surface area contributed by atoms with Crippen molar-refractivity contribution in [2.45, 2.75) is 24.9 Å². The first-order valence-corrected chi connectivity index (χ1v) is 5.64. The molecule has 1 aromatic carbocycles. The second-order valence-electron chi connectivity index (χ2n) is 4.18. The zero-order valence-electron chi connectivity index (χ0n) is 9.61. The summed E-state index contributed by atoms with van der Waals surface area (Å²) in [5, 5.41) is 30.3. The molecule has 1 heterocycles. The van der Waals surface area contributed by atoms with Gasteiger partial charge in [0.25, 0.3) is 0 Å². The van der Waals surface area contributed by atoms with Crippen molar-refractivity contribution in [2.75, 3.05) is 11.9 Å². The van der Waals surface area contributed by atoms with E-state index in [1.165, 1.54) is 12.1 Å². The number of anilines is 1. The van der Waals surface area contributed by atoms with Gasteiger partial charge in [-0.1, -0.05) is 0 Å². The Bertz CT molecular complexity index is 419. The Morgan fingerprint density at radius 1 is 1.39 bits per heavy atom. The summed E-state index contributed by atoms with van der Waals surface area (Å²) in [6.45, 7) is -0.225. The van der Waals surface area contributed by atoms with Gasteiger partial charge >= 0.3 is 5.97 Å². The van der Waals surface area contributed by atoms with E-state index in [9.17, 15) is 9.90 Å². The highest BCUT2D eigenvalue weighted by Crippen LogP contribution is 2.22. The van der Waals surface area contributed by atoms with Crippen LogP contribution in [0, 0.1) is 0 Å². The van der Waals surface area contributed by atoms with Gasteiger partial charge in [-0.15, -0.1) is 0 Å². The zero-order valence-corrected chi connectivity index (χ0v) is 9.61. The molecule has 0 saturated carbocycles. The summed E-state index contributed by atoms with van der Waals surface area (Å²) in [6.07, 6.45) is -1.26. The van der Waals surface area contributed by atoms with Crippen molar-refractivity contribution in [1.82, 2.24) is 0 Å². The molecule has 0 aromatic heterocycles. The number of ether oxygens (including phenoxy) is 1. The number of nitrogens with one attached hydrogen (secondary N) is 1. The first-order chi connectivity index (χ1) is 8.60. The molecule has 2 rings (SSSR count). The molecule has 6 heteroatoms. The fourth-order valence-electron chi connectivity index (χ4n) is 1.88. The Kier molecular flexibility index (Phi) is 3.81. The van der Waals surface area contributed by atoms with Gasteiger partial charge in [0.05, 0.1) is 18.3 Å². The van der Waals surface area contributed by atoms with Gasteiger partial charge in [-0.3, -0.25) is 0 Å². The van der Waals surface area contributed by atoms with E-state index < -0.39 is 18.2 Å². The lowest BCUT2D eigenvalue weighted by Crippen LogP contribution is -2.25. The number of carboxylic acid groups (broad SMARTS) is 1. The lowest BCUT2D eigenvalue weighted by atomic mass is 10.2. The molecule has 0 bridgehead atoms. The SMILES string of the molecule is O=C(O)c1ccc(N[C@@H]2C[C@H](O)[C@@H](CO)O2)cc1. The monoisotopic (exact) mass is 253 g/mol. The molecule has 3 atom stereocenters. The lowest BCUT2D eigenvalue weighted by molar-refractivity contribution is -0.0149. The van der Waals surface area contributed by atoms with E-state index in [4.69, 9.17) is 14.9 Å². The second-order valence-corrected chi connectivity index (χ2v) is 4.18. The van der Waals surface area contributed by atoms with Crippen LogP contribution in [0.1, 0.15) is 16.8 Å². The van der Waals surface area contributed by atoms with Gasteiger partial charge in [0.15, 0.2) is 0 Å². The van der Waals surface area contributed by atoms with E-state index in [2.05, 4.69) is 5.32 Å². The van der Waals surface area contributed by atoms with Crippen LogP contribution in [0.4, 0.5) is 5.69 Å². The third kappa shape index (κ3) is 2.79. The van der Waals surface area contributed by atoms with E-state index in [-0.39, 0.29) is 18.4 Å².